The van der Waals surface area contributed by atoms with Gasteiger partial charge in [0.25, 0.3) is 0 Å². The van der Waals surface area contributed by atoms with E-state index in [9.17, 15) is 22.2 Å². The molecular weight excluding hydrogens is 446 g/mol. The number of carbonyl (C=O) groups is 1. The molecule has 30 heavy (non-hydrogen) atoms. The van der Waals surface area contributed by atoms with Gasteiger partial charge in [-0.05, 0) is 12.1 Å². The second-order valence-electron chi connectivity index (χ2n) is 4.86. The summed E-state index contributed by atoms with van der Waals surface area (Å²) in [5.41, 5.74) is 1.77. The molecular formula is C14H14F3N5NaO6S+. The zero-order valence-corrected chi connectivity index (χ0v) is 18.7. The molecule has 0 fully saturated rings. The summed E-state index contributed by atoms with van der Waals surface area (Å²) in [6.45, 7) is -1.62. The summed E-state index contributed by atoms with van der Waals surface area (Å²) in [5, 5.41) is 1.70. The number of methoxy groups -OCH3 is 2. The van der Waals surface area contributed by atoms with Gasteiger partial charge in [-0.15, -0.1) is 0 Å². The Bertz CT molecular complexity index is 869. The number of hydrogen-bond acceptors (Lipinski definition) is 9. The van der Waals surface area contributed by atoms with Crippen molar-refractivity contribution in [2.75, 3.05) is 26.1 Å². The van der Waals surface area contributed by atoms with E-state index < -0.39 is 40.7 Å². The van der Waals surface area contributed by atoms with Crippen LogP contribution in [0.5, 0.6) is 17.5 Å². The van der Waals surface area contributed by atoms with Gasteiger partial charge in [-0.1, -0.05) is 0 Å². The predicted molar refractivity (Wildman–Crippen MR) is 90.6 cm³/mol. The molecule has 0 aliphatic rings. The first-order valence-electron chi connectivity index (χ1n) is 7.49. The van der Waals surface area contributed by atoms with Crippen molar-refractivity contribution in [3.8, 4) is 17.5 Å². The van der Waals surface area contributed by atoms with E-state index in [1.54, 1.807) is 5.48 Å². The van der Waals surface area contributed by atoms with E-state index in [4.69, 9.17) is 9.47 Å². The number of nitrogens with zero attached hydrogens (tertiary/aromatic N) is 3. The van der Waals surface area contributed by atoms with E-state index >= 15 is 0 Å². The van der Waals surface area contributed by atoms with Crippen LogP contribution in [0, 0.1) is 0 Å². The van der Waals surface area contributed by atoms with Crippen molar-refractivity contribution >= 4 is 23.1 Å². The Morgan fingerprint density at radius 1 is 1.20 bits per heavy atom. The number of anilines is 1. The van der Waals surface area contributed by atoms with Crippen LogP contribution < -0.4 is 54.6 Å². The molecule has 2 amide bonds. The number of urea groups is 1. The molecule has 11 nitrogen and oxygen atoms in total. The van der Waals surface area contributed by atoms with Gasteiger partial charge in [-0.25, -0.2) is 19.5 Å². The molecule has 16 heteroatoms. The SMILES string of the molecule is COc1cc(OC)nc(NC(=O)NOS(=O)c2ncccc2OCC(F)(F)F)n1.[Na+]. The molecule has 2 rings (SSSR count). The van der Waals surface area contributed by atoms with Crippen LogP contribution in [0.2, 0.25) is 0 Å². The minimum Gasteiger partial charge on any atom is -0.481 e. The fourth-order valence-corrected chi connectivity index (χ4v) is 2.35. The van der Waals surface area contributed by atoms with Gasteiger partial charge in [-0.3, -0.25) is 5.32 Å². The third kappa shape index (κ3) is 8.27. The summed E-state index contributed by atoms with van der Waals surface area (Å²) in [6, 6.07) is 2.71. The Labute approximate surface area is 192 Å². The molecule has 2 aromatic heterocycles. The van der Waals surface area contributed by atoms with Crippen molar-refractivity contribution in [2.24, 2.45) is 0 Å². The Balaban J connectivity index is 0.00000450. The first-order valence-corrected chi connectivity index (χ1v) is 8.57. The molecule has 0 saturated carbocycles. The van der Waals surface area contributed by atoms with Gasteiger partial charge in [0, 0.05) is 6.20 Å². The van der Waals surface area contributed by atoms with Gasteiger partial charge in [0.1, 0.15) is 0 Å². The zero-order chi connectivity index (χ0) is 21.4. The topological polar surface area (TPSA) is 134 Å². The molecule has 158 valence electrons. The summed E-state index contributed by atoms with van der Waals surface area (Å²) in [7, 11) is 2.67. The maximum absolute atomic E-state index is 12.3. The fourth-order valence-electron chi connectivity index (χ4n) is 1.68. The van der Waals surface area contributed by atoms with E-state index in [1.807, 2.05) is 0 Å². The molecule has 0 spiro atoms. The van der Waals surface area contributed by atoms with Crippen LogP contribution in [0.1, 0.15) is 0 Å². The van der Waals surface area contributed by atoms with Crippen LogP contribution >= 0.6 is 0 Å². The maximum atomic E-state index is 12.3. The average Bonchev–Trinajstić information content (AvgIpc) is 2.69. The number of carbonyl (C=O) groups excluding carboxylic acids is 1. The van der Waals surface area contributed by atoms with Crippen molar-refractivity contribution in [1.82, 2.24) is 20.4 Å². The summed E-state index contributed by atoms with van der Waals surface area (Å²) in [6.07, 6.45) is -3.45. The zero-order valence-electron chi connectivity index (χ0n) is 15.8. The van der Waals surface area contributed by atoms with Crippen molar-refractivity contribution in [3.63, 3.8) is 0 Å². The van der Waals surface area contributed by atoms with Crippen LogP contribution in [0.4, 0.5) is 23.9 Å². The Morgan fingerprint density at radius 2 is 1.83 bits per heavy atom. The van der Waals surface area contributed by atoms with Crippen molar-refractivity contribution in [2.45, 2.75) is 11.2 Å². The summed E-state index contributed by atoms with van der Waals surface area (Å²) < 4.78 is 68.0. The average molecular weight is 460 g/mol. The van der Waals surface area contributed by atoms with E-state index in [0.717, 1.165) is 12.3 Å². The number of halogens is 3. The minimum absolute atomic E-state index is 0. The van der Waals surface area contributed by atoms with Crippen molar-refractivity contribution < 1.29 is 70.2 Å². The Kier molecular flexibility index (Phi) is 10.2. The molecule has 0 saturated heterocycles. The smallest absolute Gasteiger partial charge is 0.481 e. The molecule has 0 bridgehead atoms. The van der Waals surface area contributed by atoms with Gasteiger partial charge in [0.2, 0.25) is 28.8 Å². The number of nitrogens with one attached hydrogen (secondary N) is 2. The third-order valence-corrected chi connectivity index (χ3v) is 3.68. The molecule has 2 aromatic rings. The van der Waals surface area contributed by atoms with E-state index in [-0.39, 0.29) is 47.3 Å². The maximum Gasteiger partial charge on any atom is 1.00 e. The first kappa shape index (κ1) is 25.8. The molecule has 0 aromatic carbocycles. The number of alkyl halides is 3. The number of amides is 2. The molecule has 1 atom stereocenters. The molecule has 0 aliphatic carbocycles. The van der Waals surface area contributed by atoms with E-state index in [1.165, 1.54) is 26.4 Å². The Morgan fingerprint density at radius 3 is 2.40 bits per heavy atom. The van der Waals surface area contributed by atoms with E-state index in [0.29, 0.717) is 0 Å². The predicted octanol–water partition coefficient (Wildman–Crippen LogP) is -1.39. The molecule has 2 N–H and O–H groups in total. The van der Waals surface area contributed by atoms with Crippen molar-refractivity contribution in [1.29, 1.82) is 0 Å². The van der Waals surface area contributed by atoms with Gasteiger partial charge in [0.05, 0.1) is 20.3 Å². The second-order valence-corrected chi connectivity index (χ2v) is 5.88. The molecule has 2 heterocycles. The number of aromatic nitrogens is 3. The minimum atomic E-state index is -4.61. The van der Waals surface area contributed by atoms with Crippen LogP contribution in [0.25, 0.3) is 0 Å². The van der Waals surface area contributed by atoms with Crippen molar-refractivity contribution in [3.05, 3.63) is 24.4 Å². The largest absolute Gasteiger partial charge is 1.00 e. The number of hydroxylamine groups is 1. The number of hydrogen-bond donors (Lipinski definition) is 2. The van der Waals surface area contributed by atoms with Crippen LogP contribution in [-0.2, 0) is 15.4 Å². The third-order valence-electron chi connectivity index (χ3n) is 2.82. The molecule has 0 aliphatic heterocycles. The number of rotatable bonds is 8. The van der Waals surface area contributed by atoms with Gasteiger partial charge in [0.15, 0.2) is 17.4 Å². The summed E-state index contributed by atoms with van der Waals surface area (Å²) in [5.74, 6) is -0.459. The summed E-state index contributed by atoms with van der Waals surface area (Å²) in [4.78, 5) is 23.1. The monoisotopic (exact) mass is 460 g/mol. The number of pyridine rings is 1. The van der Waals surface area contributed by atoms with E-state index in [2.05, 4.69) is 29.3 Å². The normalized spacial score (nSPS) is 11.6. The molecule has 0 radical (unpaired) electrons. The standard InChI is InChI=1S/C14H14F3N5O6S.Na/c1-25-9-6-10(26-2)20-12(19-9)21-13(23)22-28-29(24)11-8(4-3-5-18-11)27-7-14(15,16)17;/h3-6H,7H2,1-2H3,(H2,19,20,21,22,23);/q;+1. The van der Waals surface area contributed by atoms with Crippen LogP contribution in [0.15, 0.2) is 29.4 Å². The first-order chi connectivity index (χ1) is 13.7. The molecule has 1 unspecified atom stereocenters. The second kappa shape index (κ2) is 11.8. The van der Waals surface area contributed by atoms with Gasteiger partial charge >= 0.3 is 41.8 Å². The summed E-state index contributed by atoms with van der Waals surface area (Å²) >= 11 is -2.48. The number of ether oxygens (including phenoxy) is 3. The quantitative estimate of drug-likeness (QED) is 0.361. The Hall–Kier alpha value is -2.20. The van der Waals surface area contributed by atoms with Gasteiger partial charge < -0.3 is 14.2 Å². The fraction of sp³-hybridized carbons (Fsp3) is 0.286. The van der Waals surface area contributed by atoms with Crippen LogP contribution in [-0.4, -0.2) is 52.2 Å². The van der Waals surface area contributed by atoms with Gasteiger partial charge in [-0.2, -0.15) is 27.4 Å². The van der Waals surface area contributed by atoms with Crippen LogP contribution in [0.3, 0.4) is 0 Å².